The summed E-state index contributed by atoms with van der Waals surface area (Å²) >= 11 is 6.22. The Hall–Kier alpha value is -2.71. The van der Waals surface area contributed by atoms with E-state index in [4.69, 9.17) is 11.6 Å². The summed E-state index contributed by atoms with van der Waals surface area (Å²) in [5, 5.41) is 2.76. The number of hydrogen-bond acceptors (Lipinski definition) is 4. The number of aromatic amines is 1. The molecule has 4 heterocycles. The van der Waals surface area contributed by atoms with Gasteiger partial charge in [-0.3, -0.25) is 9.88 Å². The van der Waals surface area contributed by atoms with Crippen LogP contribution in [0, 0.1) is 0 Å². The van der Waals surface area contributed by atoms with Crippen LogP contribution >= 0.6 is 11.6 Å². The van der Waals surface area contributed by atoms with Crippen molar-refractivity contribution in [1.82, 2.24) is 19.2 Å². The number of fused-ring (bicyclic) bond motifs is 2. The fourth-order valence-electron chi connectivity index (χ4n) is 5.20. The number of aromatic nitrogens is 2. The number of hydrogen-bond donors (Lipinski definition) is 1. The summed E-state index contributed by atoms with van der Waals surface area (Å²) in [6.07, 6.45) is 8.57. The number of rotatable bonds is 6. The molecule has 6 rings (SSSR count). The van der Waals surface area contributed by atoms with Gasteiger partial charge >= 0.3 is 0 Å². The number of nitrogens with zero attached hydrogens (tertiary/aromatic N) is 3. The highest BCUT2D eigenvalue weighted by Crippen LogP contribution is 2.32. The number of H-pyrrole nitrogens is 1. The highest BCUT2D eigenvalue weighted by molar-refractivity contribution is 7.89. The fraction of sp³-hybridized carbons (Fsp3) is 0.296. The normalized spacial score (nSPS) is 19.7. The van der Waals surface area contributed by atoms with Crippen LogP contribution in [-0.2, 0) is 10.0 Å². The average Bonchev–Trinajstić information content (AvgIpc) is 3.26. The minimum atomic E-state index is -3.53. The molecular formula is C27H27ClN4O2S. The summed E-state index contributed by atoms with van der Waals surface area (Å²) in [7, 11) is -3.53. The number of halogens is 1. The molecule has 1 fully saturated rings. The van der Waals surface area contributed by atoms with Gasteiger partial charge in [0.1, 0.15) is 4.90 Å². The van der Waals surface area contributed by atoms with Crippen molar-refractivity contribution in [3.05, 3.63) is 77.6 Å². The zero-order chi connectivity index (χ0) is 24.0. The predicted octanol–water partition coefficient (Wildman–Crippen LogP) is 5.31. The second kappa shape index (κ2) is 9.06. The second-order valence-electron chi connectivity index (χ2n) is 9.38. The maximum Gasteiger partial charge on any atom is 0.244 e. The van der Waals surface area contributed by atoms with Gasteiger partial charge in [0.15, 0.2) is 0 Å². The molecule has 2 aromatic heterocycles. The van der Waals surface area contributed by atoms with Crippen LogP contribution in [0.15, 0.2) is 71.9 Å². The van der Waals surface area contributed by atoms with Crippen molar-refractivity contribution in [2.45, 2.75) is 30.2 Å². The van der Waals surface area contributed by atoms with Crippen LogP contribution in [-0.4, -0.2) is 59.8 Å². The largest absolute Gasteiger partial charge is 0.361 e. The Bertz CT molecular complexity index is 1550. The number of pyridine rings is 1. The van der Waals surface area contributed by atoms with Gasteiger partial charge in [-0.2, -0.15) is 4.31 Å². The Kier molecular flexibility index (Phi) is 5.89. The van der Waals surface area contributed by atoms with Crippen molar-refractivity contribution in [3.63, 3.8) is 0 Å². The van der Waals surface area contributed by atoms with Gasteiger partial charge in [0.2, 0.25) is 10.0 Å². The summed E-state index contributed by atoms with van der Waals surface area (Å²) in [4.78, 5) is 10.4. The van der Waals surface area contributed by atoms with Crippen molar-refractivity contribution in [3.8, 4) is 0 Å². The maximum absolute atomic E-state index is 13.3. The molecular weight excluding hydrogens is 480 g/mol. The summed E-state index contributed by atoms with van der Waals surface area (Å²) in [6, 6.07) is 15.3. The molecule has 4 aromatic rings. The first kappa shape index (κ1) is 22.7. The molecule has 1 saturated heterocycles. The molecule has 1 unspecified atom stereocenters. The highest BCUT2D eigenvalue weighted by Gasteiger charge is 2.38. The number of benzene rings is 2. The Morgan fingerprint density at radius 2 is 2.00 bits per heavy atom. The minimum Gasteiger partial charge on any atom is -0.361 e. The SMILES string of the molecule is O=S(=O)(c1cnc2ccccc2c1)N1CCC1CCN1CC=C(c2c[nH]c3ccc(Cl)cc23)CC1. The molecule has 8 heteroatoms. The lowest BCUT2D eigenvalue weighted by atomic mass is 9.98. The zero-order valence-electron chi connectivity index (χ0n) is 19.3. The summed E-state index contributed by atoms with van der Waals surface area (Å²) in [5.74, 6) is 0. The molecule has 0 bridgehead atoms. The van der Waals surface area contributed by atoms with E-state index in [0.29, 0.717) is 6.54 Å². The van der Waals surface area contributed by atoms with Gasteiger partial charge in [0, 0.05) is 71.5 Å². The van der Waals surface area contributed by atoms with Crippen LogP contribution in [0.3, 0.4) is 0 Å². The van der Waals surface area contributed by atoms with E-state index >= 15 is 0 Å². The first-order valence-electron chi connectivity index (χ1n) is 12.0. The van der Waals surface area contributed by atoms with Crippen molar-refractivity contribution in [2.24, 2.45) is 0 Å². The monoisotopic (exact) mass is 506 g/mol. The van der Waals surface area contributed by atoms with E-state index in [2.05, 4.69) is 27.1 Å². The maximum atomic E-state index is 13.3. The van der Waals surface area contributed by atoms with E-state index in [1.807, 2.05) is 42.5 Å². The van der Waals surface area contributed by atoms with Gasteiger partial charge in [-0.25, -0.2) is 8.42 Å². The fourth-order valence-corrected chi connectivity index (χ4v) is 7.05. The topological polar surface area (TPSA) is 69.3 Å². The lowest BCUT2D eigenvalue weighted by molar-refractivity contribution is 0.164. The van der Waals surface area contributed by atoms with Gasteiger partial charge < -0.3 is 4.98 Å². The summed E-state index contributed by atoms with van der Waals surface area (Å²) in [5.41, 5.74) is 4.47. The Balaban J connectivity index is 1.10. The second-order valence-corrected chi connectivity index (χ2v) is 11.7. The molecule has 1 N–H and O–H groups in total. The molecule has 1 atom stereocenters. The van der Waals surface area contributed by atoms with Crippen LogP contribution < -0.4 is 0 Å². The van der Waals surface area contributed by atoms with E-state index in [0.717, 1.165) is 65.7 Å². The zero-order valence-corrected chi connectivity index (χ0v) is 20.9. The van der Waals surface area contributed by atoms with E-state index in [1.54, 1.807) is 10.4 Å². The number of para-hydroxylation sites is 1. The molecule has 0 aliphatic carbocycles. The first-order valence-corrected chi connectivity index (χ1v) is 13.9. The molecule has 0 saturated carbocycles. The van der Waals surface area contributed by atoms with Gasteiger partial charge in [0.05, 0.1) is 5.52 Å². The van der Waals surface area contributed by atoms with Gasteiger partial charge in [0.25, 0.3) is 0 Å². The van der Waals surface area contributed by atoms with Crippen LogP contribution in [0.4, 0.5) is 0 Å². The Labute approximate surface area is 210 Å². The highest BCUT2D eigenvalue weighted by atomic mass is 35.5. The van der Waals surface area contributed by atoms with Gasteiger partial charge in [-0.15, -0.1) is 0 Å². The van der Waals surface area contributed by atoms with Crippen LogP contribution in [0.1, 0.15) is 24.8 Å². The minimum absolute atomic E-state index is 0.0487. The summed E-state index contributed by atoms with van der Waals surface area (Å²) < 4.78 is 28.2. The third-order valence-electron chi connectivity index (χ3n) is 7.32. The molecule has 2 aliphatic heterocycles. The number of sulfonamides is 1. The van der Waals surface area contributed by atoms with Crippen LogP contribution in [0.5, 0.6) is 0 Å². The summed E-state index contributed by atoms with van der Waals surface area (Å²) in [6.45, 7) is 3.30. The molecule has 0 radical (unpaired) electrons. The quantitative estimate of drug-likeness (QED) is 0.384. The van der Waals surface area contributed by atoms with Gasteiger partial charge in [-0.1, -0.05) is 35.9 Å². The van der Waals surface area contributed by atoms with E-state index in [-0.39, 0.29) is 10.9 Å². The Morgan fingerprint density at radius 1 is 1.11 bits per heavy atom. The van der Waals surface area contributed by atoms with Crippen molar-refractivity contribution >= 4 is 49.0 Å². The molecule has 35 heavy (non-hydrogen) atoms. The molecule has 0 amide bonds. The average molecular weight is 507 g/mol. The smallest absolute Gasteiger partial charge is 0.244 e. The van der Waals surface area contributed by atoms with Crippen LogP contribution in [0.2, 0.25) is 5.02 Å². The molecule has 2 aromatic carbocycles. The lowest BCUT2D eigenvalue weighted by Crippen LogP contribution is -2.52. The third kappa shape index (κ3) is 4.27. The molecule has 2 aliphatic rings. The van der Waals surface area contributed by atoms with Gasteiger partial charge in [-0.05, 0) is 55.2 Å². The molecule has 6 nitrogen and oxygen atoms in total. The Morgan fingerprint density at radius 3 is 2.80 bits per heavy atom. The predicted molar refractivity (Wildman–Crippen MR) is 141 cm³/mol. The van der Waals surface area contributed by atoms with E-state index in [9.17, 15) is 8.42 Å². The van der Waals surface area contributed by atoms with E-state index < -0.39 is 10.0 Å². The molecule has 180 valence electrons. The third-order valence-corrected chi connectivity index (χ3v) is 9.48. The van der Waals surface area contributed by atoms with Crippen molar-refractivity contribution in [1.29, 1.82) is 0 Å². The lowest BCUT2D eigenvalue weighted by Gasteiger charge is -2.40. The molecule has 0 spiro atoms. The standard InChI is InChI=1S/C27H27ClN4O2S/c28-21-5-6-27-24(16-21)25(18-30-27)19-7-11-31(12-8-19)13-9-22-10-14-32(22)35(33,34)23-15-20-3-1-2-4-26(20)29-17-23/h1-7,15-18,22,30H,8-14H2. The van der Waals surface area contributed by atoms with Crippen LogP contribution in [0.25, 0.3) is 27.4 Å². The van der Waals surface area contributed by atoms with Crippen molar-refractivity contribution in [2.75, 3.05) is 26.2 Å². The number of nitrogens with one attached hydrogen (secondary N) is 1. The van der Waals surface area contributed by atoms with Crippen molar-refractivity contribution < 1.29 is 8.42 Å². The first-order chi connectivity index (χ1) is 17.0. The van der Waals surface area contributed by atoms with E-state index in [1.165, 1.54) is 17.3 Å².